The molecular formula is C30H42N6O5S. The van der Waals surface area contributed by atoms with E-state index in [2.05, 4.69) is 10.2 Å². The van der Waals surface area contributed by atoms with Crippen molar-refractivity contribution in [3.05, 3.63) is 36.4 Å². The normalized spacial score (nSPS) is 20.8. The van der Waals surface area contributed by atoms with Crippen LogP contribution in [0.4, 0.5) is 27.8 Å². The largest absolute Gasteiger partial charge is 0.444 e. The number of pyridine rings is 1. The van der Waals surface area contributed by atoms with Crippen LogP contribution in [0.3, 0.4) is 0 Å². The molecule has 3 aliphatic heterocycles. The molecule has 0 unspecified atom stereocenters. The number of hydrogen-bond donors (Lipinski definition) is 1. The van der Waals surface area contributed by atoms with Crippen molar-refractivity contribution in [3.63, 3.8) is 0 Å². The first kappa shape index (κ1) is 30.1. The van der Waals surface area contributed by atoms with Gasteiger partial charge in [0.1, 0.15) is 17.5 Å². The van der Waals surface area contributed by atoms with Crippen molar-refractivity contribution in [1.82, 2.24) is 14.2 Å². The third-order valence-electron chi connectivity index (χ3n) is 8.13. The zero-order valence-corrected chi connectivity index (χ0v) is 26.0. The molecule has 1 aromatic heterocycles. The van der Waals surface area contributed by atoms with Gasteiger partial charge in [-0.1, -0.05) is 12.5 Å². The summed E-state index contributed by atoms with van der Waals surface area (Å²) in [6.45, 7) is 9.59. The van der Waals surface area contributed by atoms with Gasteiger partial charge in [-0.05, 0) is 83.7 Å². The molecule has 0 saturated carbocycles. The summed E-state index contributed by atoms with van der Waals surface area (Å²) in [5, 5.41) is 3.28. The number of hydrogen-bond acceptors (Lipinski definition) is 8. The molecule has 11 nitrogen and oxygen atoms in total. The molecule has 4 heterocycles. The second-order valence-corrected chi connectivity index (χ2v) is 14.3. The Bertz CT molecular complexity index is 1430. The smallest absolute Gasteiger partial charge is 0.410 e. The van der Waals surface area contributed by atoms with E-state index < -0.39 is 21.7 Å². The fraction of sp³-hybridized carbons (Fsp3) is 0.567. The average Bonchev–Trinajstić information content (AvgIpc) is 2.96. The Morgan fingerprint density at radius 3 is 2.38 bits per heavy atom. The Kier molecular flexibility index (Phi) is 8.39. The lowest BCUT2D eigenvalue weighted by atomic mass is 9.99. The van der Waals surface area contributed by atoms with Gasteiger partial charge >= 0.3 is 6.09 Å². The lowest BCUT2D eigenvalue weighted by Gasteiger charge is -2.46. The maximum atomic E-state index is 13.2. The van der Waals surface area contributed by atoms with Gasteiger partial charge in [0.2, 0.25) is 15.9 Å². The molecule has 42 heavy (non-hydrogen) atoms. The van der Waals surface area contributed by atoms with Crippen molar-refractivity contribution in [2.75, 3.05) is 48.3 Å². The van der Waals surface area contributed by atoms with E-state index >= 15 is 0 Å². The SMILES string of the molecule is C[C@@H]1C(=O)N(C)c2ccc(Nc3cccc(S(=O)(=O)N4CCCCC4)c3)nc2N1C1CCN(C(=O)OC(C)(C)C)CC1. The number of likely N-dealkylation sites (N-methyl/N-ethyl adjacent to an activating group) is 1. The molecule has 1 aromatic carbocycles. The van der Waals surface area contributed by atoms with Crippen molar-refractivity contribution in [2.45, 2.75) is 82.4 Å². The van der Waals surface area contributed by atoms with Gasteiger partial charge in [-0.2, -0.15) is 4.31 Å². The molecule has 2 aromatic rings. The van der Waals surface area contributed by atoms with Crippen LogP contribution < -0.4 is 15.1 Å². The highest BCUT2D eigenvalue weighted by molar-refractivity contribution is 7.89. The number of aromatic nitrogens is 1. The van der Waals surface area contributed by atoms with E-state index in [0.29, 0.717) is 62.0 Å². The van der Waals surface area contributed by atoms with Gasteiger partial charge in [-0.15, -0.1) is 0 Å². The molecule has 3 aliphatic rings. The van der Waals surface area contributed by atoms with Gasteiger partial charge < -0.3 is 24.8 Å². The summed E-state index contributed by atoms with van der Waals surface area (Å²) in [6.07, 6.45) is 3.84. The third-order valence-corrected chi connectivity index (χ3v) is 10.0. The van der Waals surface area contributed by atoms with Crippen LogP contribution in [-0.2, 0) is 19.6 Å². The van der Waals surface area contributed by atoms with Crippen LogP contribution in [0.1, 0.15) is 59.8 Å². The van der Waals surface area contributed by atoms with Crippen LogP contribution >= 0.6 is 0 Å². The summed E-state index contributed by atoms with van der Waals surface area (Å²) in [7, 11) is -1.82. The Morgan fingerprint density at radius 1 is 1.02 bits per heavy atom. The molecule has 228 valence electrons. The zero-order chi connectivity index (χ0) is 30.2. The van der Waals surface area contributed by atoms with Gasteiger partial charge in [0, 0.05) is 45.0 Å². The number of anilines is 4. The molecule has 1 N–H and O–H groups in total. The standard InChI is InChI=1S/C30H42N6O5S/c1-21-28(37)33(5)25-12-13-26(31-22-10-9-11-24(20-22)42(39,40)35-16-7-6-8-17-35)32-27(25)36(21)23-14-18-34(19-15-23)29(38)41-30(2,3)4/h9-13,20-21,23H,6-8,14-19H2,1-5H3,(H,31,32)/t21-/m1/s1. The van der Waals surface area contributed by atoms with E-state index in [-0.39, 0.29) is 22.9 Å². The van der Waals surface area contributed by atoms with Gasteiger partial charge in [-0.25, -0.2) is 18.2 Å². The number of carbonyl (C=O) groups excluding carboxylic acids is 2. The minimum absolute atomic E-state index is 0.0100. The predicted octanol–water partition coefficient (Wildman–Crippen LogP) is 4.57. The van der Waals surface area contributed by atoms with Crippen molar-refractivity contribution in [1.29, 1.82) is 0 Å². The molecule has 2 saturated heterocycles. The number of carbonyl (C=O) groups is 2. The Hall–Kier alpha value is -3.38. The highest BCUT2D eigenvalue weighted by Gasteiger charge is 2.40. The third kappa shape index (κ3) is 6.19. The van der Waals surface area contributed by atoms with Crippen LogP contribution in [0.25, 0.3) is 0 Å². The topological polar surface area (TPSA) is 115 Å². The molecule has 12 heteroatoms. The first-order valence-corrected chi connectivity index (χ1v) is 16.2. The summed E-state index contributed by atoms with van der Waals surface area (Å²) in [6, 6.07) is 10.1. The first-order valence-electron chi connectivity index (χ1n) is 14.8. The number of nitrogens with one attached hydrogen (secondary N) is 1. The van der Waals surface area contributed by atoms with Crippen LogP contribution in [0.15, 0.2) is 41.3 Å². The lowest BCUT2D eigenvalue weighted by molar-refractivity contribution is -0.119. The monoisotopic (exact) mass is 598 g/mol. The molecule has 1 atom stereocenters. The minimum Gasteiger partial charge on any atom is -0.444 e. The number of benzene rings is 1. The highest BCUT2D eigenvalue weighted by Crippen LogP contribution is 2.38. The number of nitrogens with zero attached hydrogens (tertiary/aromatic N) is 5. The maximum absolute atomic E-state index is 13.2. The van der Waals surface area contributed by atoms with Crippen molar-refractivity contribution in [2.24, 2.45) is 0 Å². The maximum Gasteiger partial charge on any atom is 0.410 e. The van der Waals surface area contributed by atoms with Crippen LogP contribution in [0, 0.1) is 0 Å². The van der Waals surface area contributed by atoms with E-state index in [9.17, 15) is 18.0 Å². The van der Waals surface area contributed by atoms with Gasteiger partial charge in [0.25, 0.3) is 0 Å². The van der Waals surface area contributed by atoms with E-state index in [1.54, 1.807) is 45.4 Å². The molecule has 0 aliphatic carbocycles. The minimum atomic E-state index is -3.57. The fourth-order valence-electron chi connectivity index (χ4n) is 5.94. The molecule has 2 amide bonds. The van der Waals surface area contributed by atoms with Crippen molar-refractivity contribution >= 4 is 45.0 Å². The quantitative estimate of drug-likeness (QED) is 0.532. The van der Waals surface area contributed by atoms with E-state index in [1.165, 1.54) is 0 Å². The fourth-order valence-corrected chi connectivity index (χ4v) is 7.51. The van der Waals surface area contributed by atoms with Gasteiger partial charge in [0.05, 0.1) is 10.6 Å². The molecule has 0 bridgehead atoms. The summed E-state index contributed by atoms with van der Waals surface area (Å²) >= 11 is 0. The lowest BCUT2D eigenvalue weighted by Crippen LogP contribution is -2.57. The second-order valence-electron chi connectivity index (χ2n) is 12.3. The van der Waals surface area contributed by atoms with Crippen molar-refractivity contribution in [3.8, 4) is 0 Å². The number of amides is 2. The summed E-state index contributed by atoms with van der Waals surface area (Å²) < 4.78 is 33.6. The Labute approximate surface area is 248 Å². The number of piperidine rings is 2. The van der Waals surface area contributed by atoms with Crippen LogP contribution in [0.2, 0.25) is 0 Å². The molecule has 0 radical (unpaired) electrons. The Balaban J connectivity index is 1.37. The number of likely N-dealkylation sites (tertiary alicyclic amines) is 1. The van der Waals surface area contributed by atoms with Gasteiger partial charge in [0.15, 0.2) is 5.82 Å². The van der Waals surface area contributed by atoms with E-state index in [1.807, 2.05) is 39.8 Å². The summed E-state index contributed by atoms with van der Waals surface area (Å²) in [5.41, 5.74) is 0.765. The highest BCUT2D eigenvalue weighted by atomic mass is 32.2. The van der Waals surface area contributed by atoms with Crippen LogP contribution in [0.5, 0.6) is 0 Å². The summed E-state index contributed by atoms with van der Waals surface area (Å²) in [4.78, 5) is 36.4. The Morgan fingerprint density at radius 2 is 1.71 bits per heavy atom. The van der Waals surface area contributed by atoms with E-state index in [4.69, 9.17) is 9.72 Å². The number of fused-ring (bicyclic) bond motifs is 1. The van der Waals surface area contributed by atoms with Crippen LogP contribution in [-0.4, -0.2) is 85.5 Å². The first-order chi connectivity index (χ1) is 19.8. The van der Waals surface area contributed by atoms with E-state index in [0.717, 1.165) is 19.3 Å². The molecule has 5 rings (SSSR count). The second kappa shape index (κ2) is 11.7. The van der Waals surface area contributed by atoms with Gasteiger partial charge in [-0.3, -0.25) is 4.79 Å². The van der Waals surface area contributed by atoms with Crippen molar-refractivity contribution < 1.29 is 22.7 Å². The number of ether oxygens (including phenoxy) is 1. The predicted molar refractivity (Wildman–Crippen MR) is 163 cm³/mol. The summed E-state index contributed by atoms with van der Waals surface area (Å²) in [5.74, 6) is 1.21. The zero-order valence-electron chi connectivity index (χ0n) is 25.2. The molecule has 2 fully saturated rings. The molecule has 0 spiro atoms. The number of rotatable bonds is 5. The number of sulfonamides is 1. The molecular weight excluding hydrogens is 556 g/mol. The average molecular weight is 599 g/mol.